The zero-order valence-corrected chi connectivity index (χ0v) is 12.8. The van der Waals surface area contributed by atoms with Crippen LogP contribution in [-0.4, -0.2) is 24.2 Å². The van der Waals surface area contributed by atoms with Crippen LogP contribution in [0.3, 0.4) is 0 Å². The van der Waals surface area contributed by atoms with Crippen molar-refractivity contribution in [2.75, 3.05) is 13.6 Å². The Bertz CT molecular complexity index is 815. The molecule has 0 amide bonds. The van der Waals surface area contributed by atoms with Crippen molar-refractivity contribution in [3.05, 3.63) is 77.1 Å². The second kappa shape index (κ2) is 6.71. The van der Waals surface area contributed by atoms with E-state index in [0.29, 0.717) is 6.54 Å². The molecule has 5 heteroatoms. The van der Waals surface area contributed by atoms with Gasteiger partial charge in [-0.25, -0.2) is 4.39 Å². The monoisotopic (exact) mass is 311 g/mol. The molecule has 2 aromatic carbocycles. The van der Waals surface area contributed by atoms with Crippen LogP contribution in [-0.2, 0) is 0 Å². The van der Waals surface area contributed by atoms with Gasteiger partial charge in [0.25, 0.3) is 0 Å². The van der Waals surface area contributed by atoms with Gasteiger partial charge in [0.2, 0.25) is 0 Å². The molecule has 3 rings (SSSR count). The molecule has 0 saturated carbocycles. The zero-order valence-electron chi connectivity index (χ0n) is 12.8. The maximum Gasteiger partial charge on any atom is 0.129 e. The van der Waals surface area contributed by atoms with Crippen molar-refractivity contribution in [3.8, 4) is 0 Å². The molecule has 2 atom stereocenters. The number of hydrogen-bond acceptors (Lipinski definition) is 3. The van der Waals surface area contributed by atoms with Crippen LogP contribution in [0.15, 0.2) is 66.0 Å². The standard InChI is InChI=1S/C18H18FN3O/c1-20-12-16(21-23)18(14-6-4-7-15(19)11-14)22-10-9-13-5-2-3-8-17(13)22/h2-11,16,18,20H,12H2,1H3/t16-,18+/m1/s1. The molecular formula is C18H18FN3O. The van der Waals surface area contributed by atoms with Crippen molar-refractivity contribution in [2.45, 2.75) is 12.1 Å². The fourth-order valence-corrected chi connectivity index (χ4v) is 3.02. The third-order valence-electron chi connectivity index (χ3n) is 4.03. The molecule has 1 heterocycles. The van der Waals surface area contributed by atoms with Gasteiger partial charge in [-0.2, -0.15) is 4.91 Å². The number of halogens is 1. The van der Waals surface area contributed by atoms with Crippen molar-refractivity contribution < 1.29 is 4.39 Å². The number of nitroso groups, excluding NO2 is 1. The number of benzene rings is 2. The fraction of sp³-hybridized carbons (Fsp3) is 0.222. The van der Waals surface area contributed by atoms with Gasteiger partial charge in [0.1, 0.15) is 11.9 Å². The first-order valence-electron chi connectivity index (χ1n) is 7.52. The minimum atomic E-state index is -0.544. The number of aromatic nitrogens is 1. The van der Waals surface area contributed by atoms with Gasteiger partial charge in [0, 0.05) is 18.3 Å². The van der Waals surface area contributed by atoms with Gasteiger partial charge >= 0.3 is 0 Å². The molecule has 4 nitrogen and oxygen atoms in total. The van der Waals surface area contributed by atoms with Crippen molar-refractivity contribution >= 4 is 10.9 Å². The van der Waals surface area contributed by atoms with E-state index in [1.165, 1.54) is 12.1 Å². The van der Waals surface area contributed by atoms with E-state index < -0.39 is 6.04 Å². The predicted molar refractivity (Wildman–Crippen MR) is 90.0 cm³/mol. The van der Waals surface area contributed by atoms with E-state index in [0.717, 1.165) is 16.5 Å². The van der Waals surface area contributed by atoms with Gasteiger partial charge in [-0.15, -0.1) is 0 Å². The maximum absolute atomic E-state index is 13.7. The average molecular weight is 311 g/mol. The summed E-state index contributed by atoms with van der Waals surface area (Å²) in [6, 6.07) is 15.3. The minimum absolute atomic E-state index is 0.321. The van der Waals surface area contributed by atoms with Crippen LogP contribution in [0, 0.1) is 10.7 Å². The molecule has 0 bridgehead atoms. The first-order valence-corrected chi connectivity index (χ1v) is 7.52. The van der Waals surface area contributed by atoms with Crippen molar-refractivity contribution in [3.63, 3.8) is 0 Å². The Morgan fingerprint density at radius 1 is 1.17 bits per heavy atom. The maximum atomic E-state index is 13.7. The van der Waals surface area contributed by atoms with Gasteiger partial charge < -0.3 is 9.88 Å². The molecule has 1 N–H and O–H groups in total. The Hall–Kier alpha value is -2.53. The predicted octanol–water partition coefficient (Wildman–Crippen LogP) is 3.72. The number of nitrogens with one attached hydrogen (secondary N) is 1. The second-order valence-electron chi connectivity index (χ2n) is 5.51. The van der Waals surface area contributed by atoms with Gasteiger partial charge in [0.05, 0.1) is 6.04 Å². The van der Waals surface area contributed by atoms with E-state index in [-0.39, 0.29) is 11.9 Å². The number of hydrogen-bond donors (Lipinski definition) is 1. The van der Waals surface area contributed by atoms with Crippen LogP contribution >= 0.6 is 0 Å². The van der Waals surface area contributed by atoms with E-state index >= 15 is 0 Å². The lowest BCUT2D eigenvalue weighted by Gasteiger charge is -2.25. The topological polar surface area (TPSA) is 46.4 Å². The Kier molecular flexibility index (Phi) is 4.48. The number of fused-ring (bicyclic) bond motifs is 1. The van der Waals surface area contributed by atoms with Crippen molar-refractivity contribution in [1.29, 1.82) is 0 Å². The number of nitrogens with zero attached hydrogens (tertiary/aromatic N) is 2. The van der Waals surface area contributed by atoms with E-state index in [1.54, 1.807) is 13.1 Å². The summed E-state index contributed by atoms with van der Waals surface area (Å²) in [5.41, 5.74) is 1.72. The van der Waals surface area contributed by atoms with E-state index in [4.69, 9.17) is 0 Å². The van der Waals surface area contributed by atoms with Crippen LogP contribution in [0.5, 0.6) is 0 Å². The van der Waals surface area contributed by atoms with Gasteiger partial charge in [-0.1, -0.05) is 35.5 Å². The highest BCUT2D eigenvalue weighted by molar-refractivity contribution is 5.80. The molecule has 3 aromatic rings. The zero-order chi connectivity index (χ0) is 16.2. The van der Waals surface area contributed by atoms with Crippen LogP contribution in [0.2, 0.25) is 0 Å². The lowest BCUT2D eigenvalue weighted by molar-refractivity contribution is 0.462. The van der Waals surface area contributed by atoms with E-state index in [2.05, 4.69) is 10.5 Å². The second-order valence-corrected chi connectivity index (χ2v) is 5.51. The highest BCUT2D eigenvalue weighted by Crippen LogP contribution is 2.29. The molecule has 0 fully saturated rings. The molecule has 0 radical (unpaired) electrons. The highest BCUT2D eigenvalue weighted by Gasteiger charge is 2.26. The lowest BCUT2D eigenvalue weighted by Crippen LogP contribution is -2.32. The number of likely N-dealkylation sites (N-methyl/N-ethyl adjacent to an activating group) is 1. The van der Waals surface area contributed by atoms with Gasteiger partial charge in [-0.3, -0.25) is 0 Å². The highest BCUT2D eigenvalue weighted by atomic mass is 19.1. The quantitative estimate of drug-likeness (QED) is 0.705. The average Bonchev–Trinajstić information content (AvgIpc) is 2.98. The molecule has 0 saturated heterocycles. The van der Waals surface area contributed by atoms with Crippen molar-refractivity contribution in [1.82, 2.24) is 9.88 Å². The molecule has 118 valence electrons. The summed E-state index contributed by atoms with van der Waals surface area (Å²) in [5.74, 6) is -0.321. The number of para-hydroxylation sites is 1. The molecule has 0 aliphatic heterocycles. The van der Waals surface area contributed by atoms with Crippen LogP contribution < -0.4 is 5.32 Å². The molecular weight excluding hydrogens is 293 g/mol. The van der Waals surface area contributed by atoms with E-state index in [1.807, 2.05) is 47.2 Å². The SMILES string of the molecule is CNC[C@@H](N=O)[C@H](c1cccc(F)c1)n1ccc2ccccc21. The van der Waals surface area contributed by atoms with Gasteiger partial charge in [-0.05, 0) is 42.3 Å². The molecule has 0 aliphatic rings. The third-order valence-corrected chi connectivity index (χ3v) is 4.03. The van der Waals surface area contributed by atoms with E-state index in [9.17, 15) is 9.30 Å². The summed E-state index contributed by atoms with van der Waals surface area (Å²) in [5, 5.41) is 7.36. The van der Waals surface area contributed by atoms with Gasteiger partial charge in [0.15, 0.2) is 0 Å². The Morgan fingerprint density at radius 2 is 2.00 bits per heavy atom. The summed E-state index contributed by atoms with van der Waals surface area (Å²) < 4.78 is 15.7. The summed E-state index contributed by atoms with van der Waals surface area (Å²) in [6.45, 7) is 0.414. The summed E-state index contributed by atoms with van der Waals surface area (Å²) in [6.07, 6.45) is 1.92. The molecule has 0 unspecified atom stereocenters. The van der Waals surface area contributed by atoms with Crippen LogP contribution in [0.1, 0.15) is 11.6 Å². The first-order chi connectivity index (χ1) is 11.2. The van der Waals surface area contributed by atoms with Crippen LogP contribution in [0.25, 0.3) is 10.9 Å². The largest absolute Gasteiger partial charge is 0.338 e. The smallest absolute Gasteiger partial charge is 0.129 e. The fourth-order valence-electron chi connectivity index (χ4n) is 3.02. The minimum Gasteiger partial charge on any atom is -0.338 e. The lowest BCUT2D eigenvalue weighted by atomic mass is 9.99. The third kappa shape index (κ3) is 3.00. The molecule has 1 aromatic heterocycles. The summed E-state index contributed by atoms with van der Waals surface area (Å²) in [7, 11) is 1.77. The summed E-state index contributed by atoms with van der Waals surface area (Å²) >= 11 is 0. The molecule has 0 spiro atoms. The molecule has 0 aliphatic carbocycles. The normalized spacial score (nSPS) is 13.8. The van der Waals surface area contributed by atoms with Crippen molar-refractivity contribution in [2.24, 2.45) is 5.18 Å². The first kappa shape index (κ1) is 15.4. The Balaban J connectivity index is 2.16. The van der Waals surface area contributed by atoms with Crippen LogP contribution in [0.4, 0.5) is 4.39 Å². The molecule has 23 heavy (non-hydrogen) atoms. The summed E-state index contributed by atoms with van der Waals surface area (Å²) in [4.78, 5) is 11.4. The number of rotatable bonds is 6. The Morgan fingerprint density at radius 3 is 2.74 bits per heavy atom. The Labute approximate surface area is 133 Å².